The van der Waals surface area contributed by atoms with Crippen molar-refractivity contribution in [2.75, 3.05) is 21.3 Å². The van der Waals surface area contributed by atoms with Crippen LogP contribution in [0.25, 0.3) is 0 Å². The Morgan fingerprint density at radius 2 is 1.79 bits per heavy atom. The molecule has 5 heteroatoms. The van der Waals surface area contributed by atoms with Crippen LogP contribution in [-0.2, 0) is 24.5 Å². The zero-order valence-electron chi connectivity index (χ0n) is 11.6. The van der Waals surface area contributed by atoms with Crippen molar-refractivity contribution in [2.45, 2.75) is 24.7 Å². The summed E-state index contributed by atoms with van der Waals surface area (Å²) in [5.41, 5.74) is 6.38. The van der Waals surface area contributed by atoms with E-state index in [4.69, 9.17) is 15.2 Å². The highest BCUT2D eigenvalue weighted by atomic mass is 16.7. The molecular weight excluding hydrogens is 246 g/mol. The van der Waals surface area contributed by atoms with Gasteiger partial charge in [-0.05, 0) is 12.0 Å². The zero-order valence-corrected chi connectivity index (χ0v) is 11.6. The third kappa shape index (κ3) is 3.76. The first kappa shape index (κ1) is 15.6. The molecule has 0 bridgehead atoms. The molecule has 0 radical (unpaired) electrons. The number of esters is 1. The molecule has 1 aromatic rings. The minimum Gasteiger partial charge on any atom is -0.469 e. The van der Waals surface area contributed by atoms with E-state index in [1.165, 1.54) is 21.3 Å². The first-order chi connectivity index (χ1) is 9.08. The molecule has 5 nitrogen and oxygen atoms in total. The highest BCUT2D eigenvalue weighted by Gasteiger charge is 2.37. The Hall–Kier alpha value is -1.43. The maximum absolute atomic E-state index is 11.3. The number of hydrogen-bond donors (Lipinski definition) is 1. The monoisotopic (exact) mass is 267 g/mol. The van der Waals surface area contributed by atoms with Gasteiger partial charge in [0.1, 0.15) is 0 Å². The minimum atomic E-state index is -0.904. The molecule has 0 aliphatic carbocycles. The summed E-state index contributed by atoms with van der Waals surface area (Å²) in [5.74, 6) is -0.309. The smallest absolute Gasteiger partial charge is 0.305 e. The summed E-state index contributed by atoms with van der Waals surface area (Å²) >= 11 is 0. The summed E-state index contributed by atoms with van der Waals surface area (Å²) in [5, 5.41) is 0. The third-order valence-corrected chi connectivity index (χ3v) is 3.13. The predicted octanol–water partition coefficient (Wildman–Crippen LogP) is 1.41. The summed E-state index contributed by atoms with van der Waals surface area (Å²) in [7, 11) is 4.40. The van der Waals surface area contributed by atoms with E-state index in [0.29, 0.717) is 6.42 Å². The molecule has 0 saturated heterocycles. The van der Waals surface area contributed by atoms with Gasteiger partial charge in [0.25, 0.3) is 0 Å². The molecule has 1 aromatic carbocycles. The molecule has 2 N–H and O–H groups in total. The molecule has 0 aromatic heterocycles. The average Bonchev–Trinajstić information content (AvgIpc) is 2.46. The van der Waals surface area contributed by atoms with Crippen molar-refractivity contribution >= 4 is 5.97 Å². The largest absolute Gasteiger partial charge is 0.469 e. The van der Waals surface area contributed by atoms with Gasteiger partial charge >= 0.3 is 5.97 Å². The number of benzene rings is 1. The fraction of sp³-hybridized carbons (Fsp3) is 0.500. The Balaban J connectivity index is 2.99. The molecule has 1 atom stereocenters. The molecule has 106 valence electrons. The van der Waals surface area contributed by atoms with Crippen LogP contribution in [-0.4, -0.2) is 33.6 Å². The molecule has 1 unspecified atom stereocenters. The van der Waals surface area contributed by atoms with Crippen LogP contribution in [0.15, 0.2) is 30.3 Å². The van der Waals surface area contributed by atoms with Crippen LogP contribution >= 0.6 is 0 Å². The van der Waals surface area contributed by atoms with E-state index >= 15 is 0 Å². The quantitative estimate of drug-likeness (QED) is 0.597. The minimum absolute atomic E-state index is 0.200. The first-order valence-electron chi connectivity index (χ1n) is 6.05. The molecular formula is C14H21NO4. The van der Waals surface area contributed by atoms with Gasteiger partial charge in [-0.3, -0.25) is 4.79 Å². The van der Waals surface area contributed by atoms with Crippen LogP contribution in [0.3, 0.4) is 0 Å². The van der Waals surface area contributed by atoms with E-state index in [9.17, 15) is 4.79 Å². The maximum Gasteiger partial charge on any atom is 0.305 e. The third-order valence-electron chi connectivity index (χ3n) is 3.13. The highest BCUT2D eigenvalue weighted by Crippen LogP contribution is 2.29. The van der Waals surface area contributed by atoms with Crippen molar-refractivity contribution in [3.63, 3.8) is 0 Å². The second-order valence-electron chi connectivity index (χ2n) is 4.29. The van der Waals surface area contributed by atoms with Crippen LogP contribution in [0.5, 0.6) is 0 Å². The predicted molar refractivity (Wildman–Crippen MR) is 71.4 cm³/mol. The number of methoxy groups -OCH3 is 3. The van der Waals surface area contributed by atoms with Gasteiger partial charge in [-0.2, -0.15) is 0 Å². The number of rotatable bonds is 7. The number of carbonyl (C=O) groups is 1. The van der Waals surface area contributed by atoms with Gasteiger partial charge in [-0.1, -0.05) is 30.3 Å². The van der Waals surface area contributed by atoms with Crippen molar-refractivity contribution in [1.82, 2.24) is 0 Å². The molecule has 0 spiro atoms. The second kappa shape index (κ2) is 7.23. The number of ether oxygens (including phenoxy) is 3. The lowest BCUT2D eigenvalue weighted by Gasteiger charge is -2.35. The van der Waals surface area contributed by atoms with Crippen LogP contribution in [0, 0.1) is 0 Å². The van der Waals surface area contributed by atoms with Gasteiger partial charge in [0.05, 0.1) is 12.6 Å². The second-order valence-corrected chi connectivity index (χ2v) is 4.29. The van der Waals surface area contributed by atoms with E-state index < -0.39 is 11.8 Å². The van der Waals surface area contributed by atoms with Crippen LogP contribution in [0.1, 0.15) is 18.4 Å². The molecule has 0 heterocycles. The average molecular weight is 267 g/mol. The lowest BCUT2D eigenvalue weighted by atomic mass is 9.85. The molecule has 0 fully saturated rings. The Morgan fingerprint density at radius 3 is 2.26 bits per heavy atom. The normalized spacial score (nSPS) is 14.2. The fourth-order valence-electron chi connectivity index (χ4n) is 2.07. The molecule has 1 rings (SSSR count). The van der Waals surface area contributed by atoms with E-state index in [2.05, 4.69) is 4.74 Å². The summed E-state index contributed by atoms with van der Waals surface area (Å²) in [4.78, 5) is 11.3. The van der Waals surface area contributed by atoms with E-state index in [1.807, 2.05) is 30.3 Å². The number of nitrogens with two attached hydrogens (primary N) is 1. The molecule has 0 amide bonds. The lowest BCUT2D eigenvalue weighted by molar-refractivity contribution is -0.156. The van der Waals surface area contributed by atoms with Crippen molar-refractivity contribution in [2.24, 2.45) is 5.73 Å². The standard InChI is InChI=1S/C14H21NO4/c1-17-12(16)9-10-14(15,13(18-2)19-3)11-7-5-4-6-8-11/h4-8,13H,9-10,15H2,1-3H3. The van der Waals surface area contributed by atoms with Gasteiger partial charge in [-0.15, -0.1) is 0 Å². The molecule has 19 heavy (non-hydrogen) atoms. The summed E-state index contributed by atoms with van der Waals surface area (Å²) in [6.45, 7) is 0. The first-order valence-corrected chi connectivity index (χ1v) is 6.05. The SMILES string of the molecule is COC(=O)CCC(N)(c1ccccc1)C(OC)OC. The van der Waals surface area contributed by atoms with Crippen molar-refractivity contribution in [3.05, 3.63) is 35.9 Å². The van der Waals surface area contributed by atoms with Crippen LogP contribution in [0.2, 0.25) is 0 Å². The Bertz CT molecular complexity index is 392. The summed E-state index contributed by atoms with van der Waals surface area (Å²) in [6.07, 6.45) is -0.0687. The Labute approximate surface area is 113 Å². The van der Waals surface area contributed by atoms with Crippen molar-refractivity contribution < 1.29 is 19.0 Å². The Morgan fingerprint density at radius 1 is 1.21 bits per heavy atom. The van der Waals surface area contributed by atoms with Crippen molar-refractivity contribution in [3.8, 4) is 0 Å². The summed E-state index contributed by atoms with van der Waals surface area (Å²) in [6, 6.07) is 9.46. The number of hydrogen-bond acceptors (Lipinski definition) is 5. The van der Waals surface area contributed by atoms with Crippen molar-refractivity contribution in [1.29, 1.82) is 0 Å². The van der Waals surface area contributed by atoms with Gasteiger partial charge in [-0.25, -0.2) is 0 Å². The van der Waals surface area contributed by atoms with Gasteiger partial charge in [0.2, 0.25) is 0 Å². The molecule has 0 aliphatic rings. The number of carbonyl (C=O) groups excluding carboxylic acids is 1. The van der Waals surface area contributed by atoms with Crippen LogP contribution < -0.4 is 5.73 Å². The van der Waals surface area contributed by atoms with Gasteiger partial charge in [0, 0.05) is 20.6 Å². The highest BCUT2D eigenvalue weighted by molar-refractivity contribution is 5.69. The Kier molecular flexibility index (Phi) is 5.95. The summed E-state index contributed by atoms with van der Waals surface area (Å²) < 4.78 is 15.2. The zero-order chi connectivity index (χ0) is 14.3. The van der Waals surface area contributed by atoms with E-state index in [1.54, 1.807) is 0 Å². The van der Waals surface area contributed by atoms with E-state index in [0.717, 1.165) is 5.56 Å². The van der Waals surface area contributed by atoms with E-state index in [-0.39, 0.29) is 12.4 Å². The fourth-order valence-corrected chi connectivity index (χ4v) is 2.07. The van der Waals surface area contributed by atoms with Crippen LogP contribution in [0.4, 0.5) is 0 Å². The lowest BCUT2D eigenvalue weighted by Crippen LogP contribution is -2.50. The topological polar surface area (TPSA) is 70.8 Å². The van der Waals surface area contributed by atoms with Gasteiger partial charge in [0.15, 0.2) is 6.29 Å². The maximum atomic E-state index is 11.3. The van der Waals surface area contributed by atoms with Gasteiger partial charge < -0.3 is 19.9 Å². The molecule has 0 saturated carbocycles. The molecule has 0 aliphatic heterocycles.